The van der Waals surface area contributed by atoms with Crippen LogP contribution in [0.4, 0.5) is 5.69 Å². The molecule has 0 saturated carbocycles. The molecule has 0 aliphatic heterocycles. The summed E-state index contributed by atoms with van der Waals surface area (Å²) in [5, 5.41) is 9.97. The number of rotatable bonds is 4. The number of benzene rings is 1. The molecule has 1 atom stereocenters. The molecule has 1 unspecified atom stereocenters. The molecule has 0 heterocycles. The van der Waals surface area contributed by atoms with Crippen LogP contribution in [-0.2, 0) is 0 Å². The zero-order valence-corrected chi connectivity index (χ0v) is 10.2. The summed E-state index contributed by atoms with van der Waals surface area (Å²) >= 11 is 0. The lowest BCUT2D eigenvalue weighted by atomic mass is 10.0. The second kappa shape index (κ2) is 6.19. The van der Waals surface area contributed by atoms with E-state index >= 15 is 0 Å². The normalized spacial score (nSPS) is 11.5. The van der Waals surface area contributed by atoms with Crippen LogP contribution in [0, 0.1) is 11.8 Å². The Bertz CT molecular complexity index is 387. The largest absolute Gasteiger partial charge is 0.388 e. The molecule has 2 nitrogen and oxygen atoms in total. The molecule has 0 aliphatic rings. The summed E-state index contributed by atoms with van der Waals surface area (Å²) in [5.41, 5.74) is 2.07. The fraction of sp³-hybridized carbons (Fsp3) is 0.429. The minimum atomic E-state index is -0.416. The maximum atomic E-state index is 9.97. The summed E-state index contributed by atoms with van der Waals surface area (Å²) < 4.78 is 0. The maximum Gasteiger partial charge on any atom is 0.0799 e. The van der Waals surface area contributed by atoms with Crippen LogP contribution < -0.4 is 4.90 Å². The van der Waals surface area contributed by atoms with Gasteiger partial charge in [0.2, 0.25) is 0 Å². The number of hydrogen-bond acceptors (Lipinski definition) is 2. The molecule has 0 spiro atoms. The average Bonchev–Trinajstić information content (AvgIpc) is 2.29. The van der Waals surface area contributed by atoms with E-state index in [9.17, 15) is 5.11 Å². The summed E-state index contributed by atoms with van der Waals surface area (Å²) in [7, 11) is 3.99. The molecule has 16 heavy (non-hydrogen) atoms. The van der Waals surface area contributed by atoms with Crippen LogP contribution in [-0.4, -0.2) is 19.2 Å². The van der Waals surface area contributed by atoms with Gasteiger partial charge in [0.15, 0.2) is 0 Å². The number of nitrogens with zero attached hydrogens (tertiary/aromatic N) is 1. The van der Waals surface area contributed by atoms with Gasteiger partial charge < -0.3 is 10.0 Å². The van der Waals surface area contributed by atoms with Gasteiger partial charge in [0, 0.05) is 26.2 Å². The van der Waals surface area contributed by atoms with Gasteiger partial charge >= 0.3 is 0 Å². The van der Waals surface area contributed by atoms with E-state index < -0.39 is 6.10 Å². The SMILES string of the molecule is CC#CCCC(O)c1cccc(N(C)C)c1. The first-order chi connectivity index (χ1) is 7.65. The molecule has 2 heteroatoms. The molecule has 1 aromatic rings. The van der Waals surface area contributed by atoms with Crippen molar-refractivity contribution in [1.29, 1.82) is 0 Å². The van der Waals surface area contributed by atoms with Gasteiger partial charge in [0.25, 0.3) is 0 Å². The Labute approximate surface area is 97.9 Å². The van der Waals surface area contributed by atoms with Crippen molar-refractivity contribution in [2.45, 2.75) is 25.9 Å². The Morgan fingerprint density at radius 3 is 2.75 bits per heavy atom. The highest BCUT2D eigenvalue weighted by Gasteiger charge is 2.07. The fourth-order valence-electron chi connectivity index (χ4n) is 1.51. The Morgan fingerprint density at radius 1 is 1.38 bits per heavy atom. The monoisotopic (exact) mass is 217 g/mol. The summed E-state index contributed by atoms with van der Waals surface area (Å²) in [6.07, 6.45) is 1.02. The van der Waals surface area contributed by atoms with E-state index in [0.717, 1.165) is 17.7 Å². The minimum absolute atomic E-state index is 0.416. The van der Waals surface area contributed by atoms with Crippen LogP contribution in [0.25, 0.3) is 0 Å². The third-order valence-electron chi connectivity index (χ3n) is 2.49. The molecule has 86 valence electrons. The lowest BCUT2D eigenvalue weighted by Crippen LogP contribution is -2.09. The van der Waals surface area contributed by atoms with Crippen LogP contribution in [0.3, 0.4) is 0 Å². The van der Waals surface area contributed by atoms with E-state index in [1.807, 2.05) is 50.2 Å². The molecule has 0 bridgehead atoms. The predicted octanol–water partition coefficient (Wildman–Crippen LogP) is 2.59. The van der Waals surface area contributed by atoms with E-state index in [0.29, 0.717) is 6.42 Å². The lowest BCUT2D eigenvalue weighted by Gasteiger charge is -2.15. The summed E-state index contributed by atoms with van der Waals surface area (Å²) in [6, 6.07) is 7.97. The third kappa shape index (κ3) is 3.60. The maximum absolute atomic E-state index is 9.97. The number of anilines is 1. The van der Waals surface area contributed by atoms with E-state index in [2.05, 4.69) is 11.8 Å². The molecule has 1 aromatic carbocycles. The van der Waals surface area contributed by atoms with Gasteiger partial charge in [-0.15, -0.1) is 11.8 Å². The number of aliphatic hydroxyl groups excluding tert-OH is 1. The first-order valence-corrected chi connectivity index (χ1v) is 5.50. The molecule has 0 saturated heterocycles. The molecular weight excluding hydrogens is 198 g/mol. The van der Waals surface area contributed by atoms with E-state index in [1.54, 1.807) is 0 Å². The molecule has 0 fully saturated rings. The Kier molecular flexibility index (Phi) is 4.88. The lowest BCUT2D eigenvalue weighted by molar-refractivity contribution is 0.169. The molecule has 0 aromatic heterocycles. The summed E-state index contributed by atoms with van der Waals surface area (Å²) in [6.45, 7) is 1.82. The van der Waals surface area contributed by atoms with Crippen molar-refractivity contribution in [3.05, 3.63) is 29.8 Å². The van der Waals surface area contributed by atoms with Crippen LogP contribution in [0.1, 0.15) is 31.4 Å². The van der Waals surface area contributed by atoms with Gasteiger partial charge in [-0.25, -0.2) is 0 Å². The first kappa shape index (κ1) is 12.6. The van der Waals surface area contributed by atoms with Crippen LogP contribution in [0.5, 0.6) is 0 Å². The first-order valence-electron chi connectivity index (χ1n) is 5.50. The van der Waals surface area contributed by atoms with Crippen molar-refractivity contribution in [3.63, 3.8) is 0 Å². The average molecular weight is 217 g/mol. The van der Waals surface area contributed by atoms with Gasteiger partial charge in [-0.3, -0.25) is 0 Å². The second-order valence-electron chi connectivity index (χ2n) is 3.97. The Morgan fingerprint density at radius 2 is 2.12 bits per heavy atom. The van der Waals surface area contributed by atoms with Crippen molar-refractivity contribution < 1.29 is 5.11 Å². The highest BCUT2D eigenvalue weighted by atomic mass is 16.3. The number of aliphatic hydroxyl groups is 1. The highest BCUT2D eigenvalue weighted by molar-refractivity contribution is 5.47. The highest BCUT2D eigenvalue weighted by Crippen LogP contribution is 2.22. The Hall–Kier alpha value is -1.46. The summed E-state index contributed by atoms with van der Waals surface area (Å²) in [5.74, 6) is 5.80. The minimum Gasteiger partial charge on any atom is -0.388 e. The zero-order chi connectivity index (χ0) is 12.0. The van der Waals surface area contributed by atoms with Gasteiger partial charge in [-0.2, -0.15) is 0 Å². The standard InChI is InChI=1S/C14H19NO/c1-4-5-6-10-14(16)12-8-7-9-13(11-12)15(2)3/h7-9,11,14,16H,6,10H2,1-3H3. The fourth-order valence-corrected chi connectivity index (χ4v) is 1.51. The van der Waals surface area contributed by atoms with Crippen molar-refractivity contribution in [2.75, 3.05) is 19.0 Å². The molecule has 0 amide bonds. The third-order valence-corrected chi connectivity index (χ3v) is 2.49. The van der Waals surface area contributed by atoms with Gasteiger partial charge in [0.05, 0.1) is 6.10 Å². The quantitative estimate of drug-likeness (QED) is 0.784. The van der Waals surface area contributed by atoms with Gasteiger partial charge in [-0.1, -0.05) is 12.1 Å². The Balaban J connectivity index is 2.70. The topological polar surface area (TPSA) is 23.5 Å². The van der Waals surface area contributed by atoms with Crippen molar-refractivity contribution >= 4 is 5.69 Å². The van der Waals surface area contributed by atoms with E-state index in [1.165, 1.54) is 0 Å². The van der Waals surface area contributed by atoms with Crippen molar-refractivity contribution in [1.82, 2.24) is 0 Å². The van der Waals surface area contributed by atoms with E-state index in [4.69, 9.17) is 0 Å². The van der Waals surface area contributed by atoms with Gasteiger partial charge in [0.1, 0.15) is 0 Å². The molecule has 1 rings (SSSR count). The molecular formula is C14H19NO. The van der Waals surface area contributed by atoms with Crippen molar-refractivity contribution in [3.8, 4) is 11.8 Å². The molecule has 0 radical (unpaired) electrons. The molecule has 0 aliphatic carbocycles. The zero-order valence-electron chi connectivity index (χ0n) is 10.2. The van der Waals surface area contributed by atoms with Crippen LogP contribution in [0.15, 0.2) is 24.3 Å². The van der Waals surface area contributed by atoms with E-state index in [-0.39, 0.29) is 0 Å². The second-order valence-corrected chi connectivity index (χ2v) is 3.97. The smallest absolute Gasteiger partial charge is 0.0799 e. The van der Waals surface area contributed by atoms with Crippen LogP contribution >= 0.6 is 0 Å². The summed E-state index contributed by atoms with van der Waals surface area (Å²) in [4.78, 5) is 2.03. The number of hydrogen-bond donors (Lipinski definition) is 1. The van der Waals surface area contributed by atoms with Crippen LogP contribution in [0.2, 0.25) is 0 Å². The molecule has 1 N–H and O–H groups in total. The van der Waals surface area contributed by atoms with Crippen molar-refractivity contribution in [2.24, 2.45) is 0 Å². The van der Waals surface area contributed by atoms with Gasteiger partial charge in [-0.05, 0) is 31.0 Å². The predicted molar refractivity (Wildman–Crippen MR) is 68.4 cm³/mol.